The summed E-state index contributed by atoms with van der Waals surface area (Å²) in [4.78, 5) is 24.3. The lowest BCUT2D eigenvalue weighted by Gasteiger charge is -2.31. The summed E-state index contributed by atoms with van der Waals surface area (Å²) in [6, 6.07) is 0. The first-order valence-electron chi connectivity index (χ1n) is 8.79. The first kappa shape index (κ1) is 18.7. The molecule has 2 rings (SSSR count). The molecule has 0 bridgehead atoms. The molecule has 0 radical (unpaired) electrons. The number of carbonyl (C=O) groups is 1. The fourth-order valence-electron chi connectivity index (χ4n) is 2.82. The maximum atomic E-state index is 12.3. The maximum absolute atomic E-state index is 12.3. The third-order valence-corrected chi connectivity index (χ3v) is 4.92. The first-order valence-corrected chi connectivity index (χ1v) is 9.61. The standard InChI is InChI=1S/C17H29N5OS/c1-4-18-17(21-11-15-20-10-14(3)24-15)19-8-7-16(23)22-9-5-6-13(2)12-22/h10,13H,4-9,11-12H2,1-3H3,(H2,18,19,21). The molecule has 24 heavy (non-hydrogen) atoms. The number of thiazole rings is 1. The lowest BCUT2D eigenvalue weighted by molar-refractivity contribution is -0.132. The zero-order chi connectivity index (χ0) is 17.4. The number of carbonyl (C=O) groups excluding carboxylic acids is 1. The molecular formula is C17H29N5OS. The van der Waals surface area contributed by atoms with Gasteiger partial charge in [0.25, 0.3) is 0 Å². The second-order valence-corrected chi connectivity index (χ2v) is 7.64. The fourth-order valence-corrected chi connectivity index (χ4v) is 3.54. The average Bonchev–Trinajstić information content (AvgIpc) is 2.98. The first-order chi connectivity index (χ1) is 11.6. The Balaban J connectivity index is 1.77. The third-order valence-electron chi connectivity index (χ3n) is 4.03. The summed E-state index contributed by atoms with van der Waals surface area (Å²) in [5.74, 6) is 1.60. The number of hydrogen-bond acceptors (Lipinski definition) is 4. The highest BCUT2D eigenvalue weighted by atomic mass is 32.1. The van der Waals surface area contributed by atoms with Crippen LogP contribution in [0.25, 0.3) is 0 Å². The Labute approximate surface area is 148 Å². The van der Waals surface area contributed by atoms with Crippen LogP contribution in [0.1, 0.15) is 43.0 Å². The van der Waals surface area contributed by atoms with Crippen molar-refractivity contribution < 1.29 is 4.79 Å². The Morgan fingerprint density at radius 1 is 1.50 bits per heavy atom. The van der Waals surface area contributed by atoms with Crippen LogP contribution in [0.3, 0.4) is 0 Å². The normalized spacial score (nSPS) is 18.5. The van der Waals surface area contributed by atoms with E-state index in [-0.39, 0.29) is 5.91 Å². The lowest BCUT2D eigenvalue weighted by atomic mass is 10.00. The van der Waals surface area contributed by atoms with Crippen molar-refractivity contribution in [3.8, 4) is 0 Å². The van der Waals surface area contributed by atoms with Crippen molar-refractivity contribution in [2.75, 3.05) is 26.2 Å². The van der Waals surface area contributed by atoms with Crippen LogP contribution in [0, 0.1) is 12.8 Å². The van der Waals surface area contributed by atoms with Crippen molar-refractivity contribution in [1.29, 1.82) is 0 Å². The van der Waals surface area contributed by atoms with Gasteiger partial charge in [0.2, 0.25) is 5.91 Å². The van der Waals surface area contributed by atoms with Gasteiger partial charge in [0, 0.05) is 43.7 Å². The molecule has 1 aromatic heterocycles. The number of hydrogen-bond donors (Lipinski definition) is 2. The Hall–Kier alpha value is -1.63. The van der Waals surface area contributed by atoms with Crippen LogP contribution in [0.5, 0.6) is 0 Å². The summed E-state index contributed by atoms with van der Waals surface area (Å²) in [5.41, 5.74) is 0. The van der Waals surface area contributed by atoms with E-state index in [1.165, 1.54) is 11.3 Å². The number of aryl methyl sites for hydroxylation is 1. The molecule has 1 atom stereocenters. The van der Waals surface area contributed by atoms with Crippen LogP contribution < -0.4 is 10.6 Å². The van der Waals surface area contributed by atoms with Crippen LogP contribution in [-0.2, 0) is 11.3 Å². The number of aliphatic imine (C=N–C) groups is 1. The van der Waals surface area contributed by atoms with E-state index in [1.807, 2.05) is 24.9 Å². The zero-order valence-corrected chi connectivity index (χ0v) is 15.8. The van der Waals surface area contributed by atoms with Gasteiger partial charge < -0.3 is 15.5 Å². The van der Waals surface area contributed by atoms with Gasteiger partial charge in [-0.05, 0) is 32.6 Å². The number of guanidine groups is 1. The molecule has 2 N–H and O–H groups in total. The Bertz CT molecular complexity index is 557. The molecule has 1 fully saturated rings. The van der Waals surface area contributed by atoms with E-state index < -0.39 is 0 Å². The molecule has 0 aliphatic carbocycles. The molecule has 1 amide bonds. The molecule has 1 aromatic rings. The monoisotopic (exact) mass is 351 g/mol. The van der Waals surface area contributed by atoms with E-state index in [4.69, 9.17) is 0 Å². The average molecular weight is 352 g/mol. The highest BCUT2D eigenvalue weighted by molar-refractivity contribution is 7.11. The number of amides is 1. The maximum Gasteiger partial charge on any atom is 0.224 e. The van der Waals surface area contributed by atoms with Crippen molar-refractivity contribution in [3.63, 3.8) is 0 Å². The van der Waals surface area contributed by atoms with Gasteiger partial charge in [0.15, 0.2) is 5.96 Å². The van der Waals surface area contributed by atoms with Crippen molar-refractivity contribution in [3.05, 3.63) is 16.1 Å². The molecule has 0 saturated carbocycles. The molecular weight excluding hydrogens is 322 g/mol. The minimum atomic E-state index is 0.237. The molecule has 1 saturated heterocycles. The highest BCUT2D eigenvalue weighted by Crippen LogP contribution is 2.16. The second-order valence-electron chi connectivity index (χ2n) is 6.32. The summed E-state index contributed by atoms with van der Waals surface area (Å²) < 4.78 is 0. The fraction of sp³-hybridized carbons (Fsp3) is 0.706. The highest BCUT2D eigenvalue weighted by Gasteiger charge is 2.20. The molecule has 0 aromatic carbocycles. The van der Waals surface area contributed by atoms with Crippen LogP contribution in [0.4, 0.5) is 0 Å². The minimum Gasteiger partial charge on any atom is -0.357 e. The summed E-state index contributed by atoms with van der Waals surface area (Å²) in [6.07, 6.45) is 4.73. The lowest BCUT2D eigenvalue weighted by Crippen LogP contribution is -2.42. The Kier molecular flexibility index (Phi) is 7.49. The number of aromatic nitrogens is 1. The molecule has 2 heterocycles. The number of likely N-dealkylation sites (tertiary alicyclic amines) is 1. The second kappa shape index (κ2) is 9.61. The van der Waals surface area contributed by atoms with Gasteiger partial charge in [-0.15, -0.1) is 11.3 Å². The predicted molar refractivity (Wildman–Crippen MR) is 99.3 cm³/mol. The van der Waals surface area contributed by atoms with Gasteiger partial charge in [0.1, 0.15) is 5.01 Å². The van der Waals surface area contributed by atoms with Gasteiger partial charge in [-0.3, -0.25) is 4.79 Å². The van der Waals surface area contributed by atoms with Crippen molar-refractivity contribution in [2.45, 2.75) is 46.6 Å². The van der Waals surface area contributed by atoms with E-state index in [0.29, 0.717) is 25.4 Å². The number of rotatable bonds is 6. The van der Waals surface area contributed by atoms with Crippen molar-refractivity contribution in [1.82, 2.24) is 20.5 Å². The van der Waals surface area contributed by atoms with Crippen LogP contribution in [0.2, 0.25) is 0 Å². The van der Waals surface area contributed by atoms with Gasteiger partial charge in [-0.2, -0.15) is 0 Å². The quantitative estimate of drug-likeness (QED) is 0.609. The Morgan fingerprint density at radius 3 is 3.00 bits per heavy atom. The third kappa shape index (κ3) is 6.11. The minimum absolute atomic E-state index is 0.237. The van der Waals surface area contributed by atoms with E-state index in [0.717, 1.165) is 37.0 Å². The zero-order valence-electron chi connectivity index (χ0n) is 15.0. The van der Waals surface area contributed by atoms with Crippen LogP contribution >= 0.6 is 11.3 Å². The predicted octanol–water partition coefficient (Wildman–Crippen LogP) is 2.16. The van der Waals surface area contributed by atoms with Crippen LogP contribution in [0.15, 0.2) is 11.2 Å². The van der Waals surface area contributed by atoms with Gasteiger partial charge in [-0.1, -0.05) is 6.92 Å². The van der Waals surface area contributed by atoms with E-state index in [1.54, 1.807) is 11.3 Å². The molecule has 7 heteroatoms. The topological polar surface area (TPSA) is 69.6 Å². The molecule has 1 unspecified atom stereocenters. The molecule has 1 aliphatic rings. The van der Waals surface area contributed by atoms with E-state index in [9.17, 15) is 4.79 Å². The summed E-state index contributed by atoms with van der Waals surface area (Å²) in [5, 5.41) is 7.46. The summed E-state index contributed by atoms with van der Waals surface area (Å²) in [7, 11) is 0. The number of nitrogens with zero attached hydrogens (tertiary/aromatic N) is 3. The van der Waals surface area contributed by atoms with Gasteiger partial charge in [0.05, 0.1) is 6.54 Å². The molecule has 1 aliphatic heterocycles. The summed E-state index contributed by atoms with van der Waals surface area (Å²) in [6.45, 7) is 10.1. The van der Waals surface area contributed by atoms with Crippen molar-refractivity contribution in [2.24, 2.45) is 10.9 Å². The van der Waals surface area contributed by atoms with Gasteiger partial charge in [-0.25, -0.2) is 9.98 Å². The Morgan fingerprint density at radius 2 is 2.33 bits per heavy atom. The molecule has 6 nitrogen and oxygen atoms in total. The van der Waals surface area contributed by atoms with E-state index >= 15 is 0 Å². The van der Waals surface area contributed by atoms with Gasteiger partial charge >= 0.3 is 0 Å². The van der Waals surface area contributed by atoms with Crippen LogP contribution in [-0.4, -0.2) is 47.9 Å². The largest absolute Gasteiger partial charge is 0.357 e. The molecule has 0 spiro atoms. The number of piperidine rings is 1. The number of nitrogens with one attached hydrogen (secondary N) is 2. The SMILES string of the molecule is CCNC(=NCc1ncc(C)s1)NCCC(=O)N1CCCC(C)C1. The summed E-state index contributed by atoms with van der Waals surface area (Å²) >= 11 is 1.66. The van der Waals surface area contributed by atoms with E-state index in [2.05, 4.69) is 27.5 Å². The van der Waals surface area contributed by atoms with Crippen molar-refractivity contribution >= 4 is 23.2 Å². The molecule has 134 valence electrons. The smallest absolute Gasteiger partial charge is 0.224 e.